The number of hydrogen-bond acceptors (Lipinski definition) is 5. The lowest BCUT2D eigenvalue weighted by Crippen LogP contribution is -2.20. The highest BCUT2D eigenvalue weighted by molar-refractivity contribution is 7.96. The number of hydrogen-bond donors (Lipinski definition) is 1. The first-order chi connectivity index (χ1) is 10.2. The third-order valence-electron chi connectivity index (χ3n) is 4.23. The zero-order chi connectivity index (χ0) is 16.1. The van der Waals surface area contributed by atoms with Gasteiger partial charge in [-0.15, -0.1) is 0 Å². The fraction of sp³-hybridized carbons (Fsp3) is 0.429. The molecule has 120 valence electrons. The van der Waals surface area contributed by atoms with Crippen molar-refractivity contribution in [3.63, 3.8) is 0 Å². The predicted molar refractivity (Wildman–Crippen MR) is 82.0 cm³/mol. The van der Waals surface area contributed by atoms with Crippen molar-refractivity contribution in [2.24, 2.45) is 11.1 Å². The van der Waals surface area contributed by atoms with Crippen molar-refractivity contribution in [3.8, 4) is 5.75 Å². The maximum absolute atomic E-state index is 12.8. The Bertz CT molecular complexity index is 863. The molecule has 0 aromatic heterocycles. The molecule has 0 bridgehead atoms. The van der Waals surface area contributed by atoms with Gasteiger partial charge in [0.25, 0.3) is 0 Å². The second kappa shape index (κ2) is 5.07. The van der Waals surface area contributed by atoms with Gasteiger partial charge in [0.2, 0.25) is 9.84 Å². The van der Waals surface area contributed by atoms with Crippen LogP contribution in [-0.2, 0) is 20.1 Å². The van der Waals surface area contributed by atoms with Crippen LogP contribution in [0.4, 0.5) is 0 Å². The largest absolute Gasteiger partial charge is 0.380 e. The van der Waals surface area contributed by atoms with Gasteiger partial charge in [0, 0.05) is 5.56 Å². The van der Waals surface area contributed by atoms with Crippen molar-refractivity contribution >= 4 is 26.2 Å². The molecule has 2 aliphatic rings. The SMILES string of the molecule is Cc1c(OS(N)(=O)=O)ccc2c1S(=O)(=O)C(C1CCCC1)=C2. The minimum Gasteiger partial charge on any atom is -0.371 e. The Morgan fingerprint density at radius 1 is 1.23 bits per heavy atom. The van der Waals surface area contributed by atoms with Crippen molar-refractivity contribution in [2.75, 3.05) is 0 Å². The molecule has 1 aliphatic heterocycles. The summed E-state index contributed by atoms with van der Waals surface area (Å²) in [4.78, 5) is 0.575. The first-order valence-electron chi connectivity index (χ1n) is 7.02. The highest BCUT2D eigenvalue weighted by Crippen LogP contribution is 2.45. The molecular weight excluding hydrogens is 326 g/mol. The fourth-order valence-corrected chi connectivity index (χ4v) is 5.84. The molecule has 1 aliphatic carbocycles. The number of benzene rings is 1. The van der Waals surface area contributed by atoms with E-state index in [0.29, 0.717) is 10.5 Å². The van der Waals surface area contributed by atoms with Gasteiger partial charge in [-0.25, -0.2) is 8.42 Å². The average molecular weight is 343 g/mol. The van der Waals surface area contributed by atoms with Crippen LogP contribution in [-0.4, -0.2) is 16.8 Å². The molecule has 1 fully saturated rings. The van der Waals surface area contributed by atoms with Crippen LogP contribution in [0.3, 0.4) is 0 Å². The Morgan fingerprint density at radius 3 is 2.45 bits per heavy atom. The maximum atomic E-state index is 12.8. The Morgan fingerprint density at radius 2 is 1.86 bits per heavy atom. The Labute approximate surface area is 130 Å². The first-order valence-corrected chi connectivity index (χ1v) is 9.98. The lowest BCUT2D eigenvalue weighted by Gasteiger charge is -2.13. The van der Waals surface area contributed by atoms with Gasteiger partial charge in [0.15, 0.2) is 0 Å². The van der Waals surface area contributed by atoms with Crippen molar-refractivity contribution in [2.45, 2.75) is 37.5 Å². The van der Waals surface area contributed by atoms with E-state index in [1.807, 2.05) is 0 Å². The summed E-state index contributed by atoms with van der Waals surface area (Å²) in [6, 6.07) is 2.99. The molecule has 1 aromatic rings. The number of allylic oxidation sites excluding steroid dienone is 1. The van der Waals surface area contributed by atoms with E-state index in [9.17, 15) is 16.8 Å². The van der Waals surface area contributed by atoms with Gasteiger partial charge in [0.1, 0.15) is 5.75 Å². The van der Waals surface area contributed by atoms with Crippen LogP contribution in [0.1, 0.15) is 36.8 Å². The standard InChI is InChI=1S/C14H17NO5S2/c1-9-12(20-22(15,18)19)7-6-11-8-13(10-4-2-3-5-10)21(16,17)14(9)11/h6-8,10H,2-5H2,1H3,(H2,15,18,19). The smallest absolute Gasteiger partial charge is 0.371 e. The van der Waals surface area contributed by atoms with E-state index in [1.54, 1.807) is 12.1 Å². The predicted octanol–water partition coefficient (Wildman–Crippen LogP) is 1.90. The second-order valence-corrected chi connectivity index (χ2v) is 8.75. The molecule has 8 heteroatoms. The van der Waals surface area contributed by atoms with Crippen LogP contribution in [0.5, 0.6) is 5.75 Å². The first kappa shape index (κ1) is 15.5. The van der Waals surface area contributed by atoms with Crippen LogP contribution in [0.25, 0.3) is 6.08 Å². The Kier molecular flexibility index (Phi) is 3.58. The van der Waals surface area contributed by atoms with Crippen molar-refractivity contribution in [3.05, 3.63) is 28.2 Å². The number of nitrogens with two attached hydrogens (primary N) is 1. The molecule has 6 nitrogen and oxygen atoms in total. The fourth-order valence-electron chi connectivity index (χ4n) is 3.28. The maximum Gasteiger partial charge on any atom is 0.380 e. The lowest BCUT2D eigenvalue weighted by atomic mass is 10.0. The van der Waals surface area contributed by atoms with Crippen LogP contribution in [0, 0.1) is 12.8 Å². The van der Waals surface area contributed by atoms with Gasteiger partial charge >= 0.3 is 10.3 Å². The molecule has 1 saturated carbocycles. The average Bonchev–Trinajstić information content (AvgIpc) is 2.97. The summed E-state index contributed by atoms with van der Waals surface area (Å²) in [7, 11) is -7.79. The molecule has 0 amide bonds. The van der Waals surface area contributed by atoms with Crippen LogP contribution < -0.4 is 9.32 Å². The van der Waals surface area contributed by atoms with E-state index in [4.69, 9.17) is 5.14 Å². The molecule has 0 radical (unpaired) electrons. The highest BCUT2D eigenvalue weighted by Gasteiger charge is 2.37. The number of rotatable bonds is 3. The van der Waals surface area contributed by atoms with Crippen LogP contribution in [0.2, 0.25) is 0 Å². The van der Waals surface area contributed by atoms with Gasteiger partial charge in [-0.3, -0.25) is 0 Å². The van der Waals surface area contributed by atoms with E-state index in [-0.39, 0.29) is 22.1 Å². The van der Waals surface area contributed by atoms with Gasteiger partial charge in [-0.2, -0.15) is 13.6 Å². The van der Waals surface area contributed by atoms with Crippen molar-refractivity contribution in [1.82, 2.24) is 0 Å². The summed E-state index contributed by atoms with van der Waals surface area (Å²) in [6.07, 6.45) is 5.52. The van der Waals surface area contributed by atoms with Crippen LogP contribution >= 0.6 is 0 Å². The van der Waals surface area contributed by atoms with Gasteiger partial charge in [-0.1, -0.05) is 12.8 Å². The van der Waals surface area contributed by atoms with E-state index in [2.05, 4.69) is 4.18 Å². The lowest BCUT2D eigenvalue weighted by molar-refractivity contribution is 0.484. The van der Waals surface area contributed by atoms with Crippen molar-refractivity contribution in [1.29, 1.82) is 0 Å². The highest BCUT2D eigenvalue weighted by atomic mass is 32.2. The van der Waals surface area contributed by atoms with E-state index in [1.165, 1.54) is 13.0 Å². The Hall–Kier alpha value is -1.38. The molecule has 0 spiro atoms. The third-order valence-corrected chi connectivity index (χ3v) is 6.79. The minimum absolute atomic E-state index is 0.0501. The summed E-state index contributed by atoms with van der Waals surface area (Å²) in [6.45, 7) is 1.53. The molecule has 1 heterocycles. The summed E-state index contributed by atoms with van der Waals surface area (Å²) >= 11 is 0. The molecule has 0 unspecified atom stereocenters. The quantitative estimate of drug-likeness (QED) is 0.902. The van der Waals surface area contributed by atoms with Gasteiger partial charge < -0.3 is 4.18 Å². The number of sulfone groups is 1. The normalized spacial score (nSPS) is 20.7. The molecule has 1 aromatic carbocycles. The summed E-state index contributed by atoms with van der Waals surface area (Å²) < 4.78 is 52.4. The topological polar surface area (TPSA) is 104 Å². The minimum atomic E-state index is -4.20. The zero-order valence-corrected chi connectivity index (χ0v) is 13.7. The summed E-state index contributed by atoms with van der Waals surface area (Å²) in [5.41, 5.74) is 0.858. The zero-order valence-electron chi connectivity index (χ0n) is 12.1. The van der Waals surface area contributed by atoms with Gasteiger partial charge in [-0.05, 0) is 49.5 Å². The third kappa shape index (κ3) is 2.55. The van der Waals surface area contributed by atoms with Gasteiger partial charge in [0.05, 0.1) is 9.80 Å². The van der Waals surface area contributed by atoms with Crippen molar-refractivity contribution < 1.29 is 21.0 Å². The molecule has 0 atom stereocenters. The van der Waals surface area contributed by atoms with Crippen LogP contribution in [0.15, 0.2) is 21.9 Å². The van der Waals surface area contributed by atoms with E-state index in [0.717, 1.165) is 25.7 Å². The molecule has 3 rings (SSSR count). The summed E-state index contributed by atoms with van der Waals surface area (Å²) in [5.74, 6) is 0.00491. The Balaban J connectivity index is 2.09. The molecule has 22 heavy (non-hydrogen) atoms. The van der Waals surface area contributed by atoms with E-state index >= 15 is 0 Å². The monoisotopic (exact) mass is 343 g/mol. The molecule has 0 saturated heterocycles. The summed E-state index contributed by atoms with van der Waals surface area (Å²) in [5, 5.41) is 4.86. The molecular formula is C14H17NO5S2. The molecule has 2 N–H and O–H groups in total. The second-order valence-electron chi connectivity index (χ2n) is 5.71. The van der Waals surface area contributed by atoms with E-state index < -0.39 is 20.1 Å². The number of fused-ring (bicyclic) bond motifs is 1.